The summed E-state index contributed by atoms with van der Waals surface area (Å²) >= 11 is 0. The molecule has 0 aromatic carbocycles. The highest BCUT2D eigenvalue weighted by atomic mass is 19.4. The first kappa shape index (κ1) is 18.7. The molecule has 0 fully saturated rings. The van der Waals surface area contributed by atoms with Gasteiger partial charge in [0.2, 0.25) is 0 Å². The van der Waals surface area contributed by atoms with Crippen molar-refractivity contribution in [3.05, 3.63) is 0 Å². The normalized spacial score (nSPS) is 15.0. The summed E-state index contributed by atoms with van der Waals surface area (Å²) in [6.07, 6.45) is -2.04. The molecule has 5 heteroatoms. The zero-order valence-electron chi connectivity index (χ0n) is 12.9. The minimum Gasteiger partial charge on any atom is -0.312 e. The van der Waals surface area contributed by atoms with Gasteiger partial charge in [0, 0.05) is 18.0 Å². The van der Waals surface area contributed by atoms with Crippen LogP contribution in [0.1, 0.15) is 52.9 Å². The van der Waals surface area contributed by atoms with Gasteiger partial charge < -0.3 is 10.2 Å². The average Bonchev–Trinajstić information content (AvgIpc) is 2.31. The first-order valence-electron chi connectivity index (χ1n) is 7.21. The summed E-state index contributed by atoms with van der Waals surface area (Å²) in [4.78, 5) is 2.08. The Kier molecular flexibility index (Phi) is 7.98. The Morgan fingerprint density at radius 1 is 1.05 bits per heavy atom. The molecule has 0 saturated carbocycles. The third-order valence-corrected chi connectivity index (χ3v) is 4.12. The molecule has 0 saturated heterocycles. The van der Waals surface area contributed by atoms with E-state index < -0.39 is 12.6 Å². The van der Waals surface area contributed by atoms with Crippen LogP contribution >= 0.6 is 0 Å². The highest BCUT2D eigenvalue weighted by Crippen LogP contribution is 2.31. The van der Waals surface area contributed by atoms with Gasteiger partial charge in [-0.25, -0.2) is 0 Å². The second-order valence-electron chi connectivity index (χ2n) is 5.37. The Morgan fingerprint density at radius 3 is 1.89 bits per heavy atom. The van der Waals surface area contributed by atoms with Crippen LogP contribution in [0.2, 0.25) is 0 Å². The molecule has 116 valence electrons. The van der Waals surface area contributed by atoms with Crippen LogP contribution in [0.5, 0.6) is 0 Å². The molecule has 0 aliphatic carbocycles. The van der Waals surface area contributed by atoms with Crippen LogP contribution in [0.4, 0.5) is 13.2 Å². The monoisotopic (exact) mass is 282 g/mol. The number of hydrogen-bond donors (Lipinski definition) is 1. The topological polar surface area (TPSA) is 15.3 Å². The third-order valence-electron chi connectivity index (χ3n) is 4.12. The highest BCUT2D eigenvalue weighted by molar-refractivity contribution is 4.97. The lowest BCUT2D eigenvalue weighted by Crippen LogP contribution is -2.58. The molecule has 0 heterocycles. The molecule has 0 aliphatic rings. The van der Waals surface area contributed by atoms with Gasteiger partial charge in [0.15, 0.2) is 0 Å². The molecule has 0 radical (unpaired) electrons. The van der Waals surface area contributed by atoms with Crippen LogP contribution < -0.4 is 5.32 Å². The molecule has 1 N–H and O–H groups in total. The summed E-state index contributed by atoms with van der Waals surface area (Å²) < 4.78 is 37.5. The van der Waals surface area contributed by atoms with Gasteiger partial charge in [0.25, 0.3) is 0 Å². The Bertz CT molecular complexity index is 235. The van der Waals surface area contributed by atoms with Crippen molar-refractivity contribution < 1.29 is 13.2 Å². The number of nitrogens with zero attached hydrogens (tertiary/aromatic N) is 1. The molecule has 0 amide bonds. The largest absolute Gasteiger partial charge is 0.389 e. The maximum absolute atomic E-state index is 12.5. The van der Waals surface area contributed by atoms with E-state index in [0.717, 1.165) is 25.8 Å². The van der Waals surface area contributed by atoms with Gasteiger partial charge in [-0.3, -0.25) is 0 Å². The molecule has 0 spiro atoms. The summed E-state index contributed by atoms with van der Waals surface area (Å²) in [7, 11) is 3.92. The molecular weight excluding hydrogens is 253 g/mol. The maximum atomic E-state index is 12.5. The first-order chi connectivity index (χ1) is 8.73. The lowest BCUT2D eigenvalue weighted by atomic mass is 9.80. The van der Waals surface area contributed by atoms with Crippen molar-refractivity contribution in [2.45, 2.75) is 70.6 Å². The van der Waals surface area contributed by atoms with E-state index in [-0.39, 0.29) is 18.0 Å². The van der Waals surface area contributed by atoms with Gasteiger partial charge in [-0.2, -0.15) is 13.2 Å². The standard InChI is InChI=1S/C14H29F3N2/c1-6-11-18-12(9-10-14(15,16)17)13(7-2,8-3)19(4)5/h12,18H,6-11H2,1-5H3. The van der Waals surface area contributed by atoms with E-state index in [1.54, 1.807) is 0 Å². The summed E-state index contributed by atoms with van der Waals surface area (Å²) in [5.74, 6) is 0. The Hall–Kier alpha value is -0.290. The van der Waals surface area contributed by atoms with Crippen molar-refractivity contribution in [3.63, 3.8) is 0 Å². The molecule has 0 aromatic rings. The molecule has 0 rings (SSSR count). The Balaban J connectivity index is 4.96. The highest BCUT2D eigenvalue weighted by Gasteiger charge is 2.39. The molecular formula is C14H29F3N2. The van der Waals surface area contributed by atoms with Crippen molar-refractivity contribution >= 4 is 0 Å². The third kappa shape index (κ3) is 5.69. The lowest BCUT2D eigenvalue weighted by Gasteiger charge is -2.46. The summed E-state index contributed by atoms with van der Waals surface area (Å²) in [6, 6.07) is -0.126. The zero-order valence-corrected chi connectivity index (χ0v) is 12.9. The van der Waals surface area contributed by atoms with Gasteiger partial charge in [-0.15, -0.1) is 0 Å². The number of alkyl halides is 3. The second kappa shape index (κ2) is 8.10. The summed E-state index contributed by atoms with van der Waals surface area (Å²) in [5, 5.41) is 3.32. The van der Waals surface area contributed by atoms with Crippen molar-refractivity contribution in [2.75, 3.05) is 20.6 Å². The molecule has 1 atom stereocenters. The van der Waals surface area contributed by atoms with E-state index in [2.05, 4.69) is 24.1 Å². The lowest BCUT2D eigenvalue weighted by molar-refractivity contribution is -0.138. The zero-order chi connectivity index (χ0) is 15.1. The average molecular weight is 282 g/mol. The summed E-state index contributed by atoms with van der Waals surface area (Å²) in [5.41, 5.74) is -0.208. The van der Waals surface area contributed by atoms with Crippen molar-refractivity contribution in [3.8, 4) is 0 Å². The fraction of sp³-hybridized carbons (Fsp3) is 1.00. The van der Waals surface area contributed by atoms with Crippen LogP contribution in [0.15, 0.2) is 0 Å². The predicted octanol–water partition coefficient (Wildman–Crippen LogP) is 3.82. The first-order valence-corrected chi connectivity index (χ1v) is 7.21. The van der Waals surface area contributed by atoms with Crippen LogP contribution in [-0.2, 0) is 0 Å². The minimum absolute atomic E-state index is 0.126. The van der Waals surface area contributed by atoms with Crippen LogP contribution in [0.25, 0.3) is 0 Å². The Labute approximate surface area is 115 Å². The van der Waals surface area contributed by atoms with Crippen LogP contribution in [0, 0.1) is 0 Å². The van der Waals surface area contributed by atoms with E-state index >= 15 is 0 Å². The number of likely N-dealkylation sites (N-methyl/N-ethyl adjacent to an activating group) is 1. The van der Waals surface area contributed by atoms with Gasteiger partial charge in [0.1, 0.15) is 0 Å². The number of hydrogen-bond acceptors (Lipinski definition) is 2. The van der Waals surface area contributed by atoms with Gasteiger partial charge >= 0.3 is 6.18 Å². The molecule has 2 nitrogen and oxygen atoms in total. The molecule has 0 aromatic heterocycles. The van der Waals surface area contributed by atoms with Crippen molar-refractivity contribution in [1.29, 1.82) is 0 Å². The van der Waals surface area contributed by atoms with E-state index in [9.17, 15) is 13.2 Å². The minimum atomic E-state index is -4.08. The van der Waals surface area contributed by atoms with Crippen LogP contribution in [0.3, 0.4) is 0 Å². The molecule has 1 unspecified atom stereocenters. The smallest absolute Gasteiger partial charge is 0.312 e. The Morgan fingerprint density at radius 2 is 1.58 bits per heavy atom. The number of nitrogens with one attached hydrogen (secondary N) is 1. The fourth-order valence-electron chi connectivity index (χ4n) is 2.87. The quantitative estimate of drug-likeness (QED) is 0.691. The number of halogens is 3. The molecule has 19 heavy (non-hydrogen) atoms. The van der Waals surface area contributed by atoms with Gasteiger partial charge in [-0.1, -0.05) is 20.8 Å². The molecule has 0 aliphatic heterocycles. The predicted molar refractivity (Wildman–Crippen MR) is 74.4 cm³/mol. The van der Waals surface area contributed by atoms with E-state index in [1.165, 1.54) is 0 Å². The maximum Gasteiger partial charge on any atom is 0.389 e. The van der Waals surface area contributed by atoms with E-state index in [0.29, 0.717) is 0 Å². The summed E-state index contributed by atoms with van der Waals surface area (Å²) in [6.45, 7) is 6.90. The molecule has 0 bridgehead atoms. The van der Waals surface area contributed by atoms with Crippen LogP contribution in [-0.4, -0.2) is 43.3 Å². The van der Waals surface area contributed by atoms with Gasteiger partial charge in [-0.05, 0) is 46.3 Å². The fourth-order valence-corrected chi connectivity index (χ4v) is 2.87. The van der Waals surface area contributed by atoms with E-state index in [4.69, 9.17) is 0 Å². The second-order valence-corrected chi connectivity index (χ2v) is 5.37. The van der Waals surface area contributed by atoms with Crippen molar-refractivity contribution in [1.82, 2.24) is 10.2 Å². The van der Waals surface area contributed by atoms with E-state index in [1.807, 2.05) is 21.0 Å². The SMILES string of the molecule is CCCNC(CCC(F)(F)F)C(CC)(CC)N(C)C. The van der Waals surface area contributed by atoms with Gasteiger partial charge in [0.05, 0.1) is 0 Å². The van der Waals surface area contributed by atoms with Crippen molar-refractivity contribution in [2.24, 2.45) is 0 Å². The number of rotatable bonds is 9.